The van der Waals surface area contributed by atoms with E-state index in [0.717, 1.165) is 0 Å². The SMILES string of the molecule is CCCCc1ccccc1.O=CC(Cl)(Cl)Cl. The van der Waals surface area contributed by atoms with Crippen molar-refractivity contribution in [3.05, 3.63) is 35.9 Å². The van der Waals surface area contributed by atoms with Gasteiger partial charge < -0.3 is 0 Å². The van der Waals surface area contributed by atoms with Gasteiger partial charge in [0.15, 0.2) is 6.29 Å². The minimum Gasteiger partial charge on any atom is -0.299 e. The first-order chi connectivity index (χ1) is 7.49. The lowest BCUT2D eigenvalue weighted by Gasteiger charge is -1.96. The minimum absolute atomic E-state index is 0.234. The molecule has 0 saturated heterocycles. The van der Waals surface area contributed by atoms with Crippen molar-refractivity contribution in [3.8, 4) is 0 Å². The van der Waals surface area contributed by atoms with Gasteiger partial charge in [-0.3, -0.25) is 4.79 Å². The van der Waals surface area contributed by atoms with Gasteiger partial charge in [0, 0.05) is 0 Å². The summed E-state index contributed by atoms with van der Waals surface area (Å²) in [6, 6.07) is 10.6. The second-order valence-electron chi connectivity index (χ2n) is 3.25. The van der Waals surface area contributed by atoms with Crippen LogP contribution in [0.25, 0.3) is 0 Å². The van der Waals surface area contributed by atoms with Crippen molar-refractivity contribution in [2.75, 3.05) is 0 Å². The van der Waals surface area contributed by atoms with Crippen LogP contribution in [0, 0.1) is 0 Å². The van der Waals surface area contributed by atoms with E-state index in [-0.39, 0.29) is 6.29 Å². The van der Waals surface area contributed by atoms with Crippen molar-refractivity contribution in [1.82, 2.24) is 0 Å². The molecule has 0 amide bonds. The fourth-order valence-corrected chi connectivity index (χ4v) is 1.03. The van der Waals surface area contributed by atoms with Crippen LogP contribution >= 0.6 is 34.8 Å². The van der Waals surface area contributed by atoms with Crippen molar-refractivity contribution in [2.24, 2.45) is 0 Å². The second-order valence-corrected chi connectivity index (χ2v) is 5.62. The second kappa shape index (κ2) is 8.86. The Kier molecular flexibility index (Phi) is 8.73. The predicted octanol–water partition coefficient (Wildman–Crippen LogP) is 4.58. The summed E-state index contributed by atoms with van der Waals surface area (Å²) in [5, 5.41) is 0. The van der Waals surface area contributed by atoms with Crippen molar-refractivity contribution in [2.45, 2.75) is 30.0 Å². The van der Waals surface area contributed by atoms with E-state index in [1.54, 1.807) is 0 Å². The molecular weight excluding hydrogens is 266 g/mol. The molecule has 0 fully saturated rings. The average molecular weight is 282 g/mol. The maximum atomic E-state index is 9.43. The molecular formula is C12H15Cl3O. The quantitative estimate of drug-likeness (QED) is 0.585. The van der Waals surface area contributed by atoms with Crippen molar-refractivity contribution in [1.29, 1.82) is 0 Å². The lowest BCUT2D eigenvalue weighted by atomic mass is 10.1. The van der Waals surface area contributed by atoms with Gasteiger partial charge in [-0.25, -0.2) is 0 Å². The summed E-state index contributed by atoms with van der Waals surface area (Å²) in [4.78, 5) is 9.43. The van der Waals surface area contributed by atoms with Crippen LogP contribution in [0.15, 0.2) is 30.3 Å². The third kappa shape index (κ3) is 10.3. The molecule has 0 radical (unpaired) electrons. The van der Waals surface area contributed by atoms with Crippen LogP contribution < -0.4 is 0 Å². The van der Waals surface area contributed by atoms with Crippen LogP contribution in [0.3, 0.4) is 0 Å². The number of alkyl halides is 3. The highest BCUT2D eigenvalue weighted by Gasteiger charge is 2.16. The summed E-state index contributed by atoms with van der Waals surface area (Å²) in [7, 11) is 0. The van der Waals surface area contributed by atoms with Gasteiger partial charge in [-0.05, 0) is 18.4 Å². The number of carbonyl (C=O) groups excluding carboxylic acids is 1. The molecule has 0 bridgehead atoms. The number of halogens is 3. The Hall–Kier alpha value is -0.240. The first-order valence-electron chi connectivity index (χ1n) is 5.06. The van der Waals surface area contributed by atoms with E-state index in [2.05, 4.69) is 37.3 Å². The molecule has 0 unspecified atom stereocenters. The zero-order valence-electron chi connectivity index (χ0n) is 9.13. The largest absolute Gasteiger partial charge is 0.299 e. The zero-order chi connectivity index (χ0) is 12.4. The smallest absolute Gasteiger partial charge is 0.245 e. The Balaban J connectivity index is 0.000000325. The molecule has 1 aromatic rings. The summed E-state index contributed by atoms with van der Waals surface area (Å²) < 4.78 is -1.72. The number of rotatable bonds is 3. The lowest BCUT2D eigenvalue weighted by molar-refractivity contribution is -0.107. The van der Waals surface area contributed by atoms with Gasteiger partial charge in [0.25, 0.3) is 0 Å². The number of carbonyl (C=O) groups is 1. The Bertz CT molecular complexity index is 280. The molecule has 90 valence electrons. The van der Waals surface area contributed by atoms with Crippen LogP contribution in [-0.2, 0) is 11.2 Å². The van der Waals surface area contributed by atoms with E-state index in [4.69, 9.17) is 34.8 Å². The molecule has 0 aromatic heterocycles. The predicted molar refractivity (Wildman–Crippen MR) is 71.4 cm³/mol. The monoisotopic (exact) mass is 280 g/mol. The molecule has 16 heavy (non-hydrogen) atoms. The van der Waals surface area contributed by atoms with Crippen LogP contribution in [0.4, 0.5) is 0 Å². The molecule has 0 atom stereocenters. The van der Waals surface area contributed by atoms with Crippen LogP contribution in [0.1, 0.15) is 25.3 Å². The van der Waals surface area contributed by atoms with Gasteiger partial charge in [0.05, 0.1) is 0 Å². The third-order valence-electron chi connectivity index (χ3n) is 1.80. The van der Waals surface area contributed by atoms with E-state index in [1.807, 2.05) is 0 Å². The van der Waals surface area contributed by atoms with Crippen molar-refractivity contribution in [3.63, 3.8) is 0 Å². The molecule has 1 nitrogen and oxygen atoms in total. The lowest BCUT2D eigenvalue weighted by Crippen LogP contribution is -2.00. The standard InChI is InChI=1S/C10H14.C2HCl3O/c1-2-3-7-10-8-5-4-6-9-10;3-2(4,5)1-6/h4-6,8-9H,2-3,7H2,1H3;1H. The molecule has 0 N–H and O–H groups in total. The molecule has 0 spiro atoms. The van der Waals surface area contributed by atoms with Gasteiger partial charge in [0.1, 0.15) is 0 Å². The highest BCUT2D eigenvalue weighted by Crippen LogP contribution is 2.21. The summed E-state index contributed by atoms with van der Waals surface area (Å²) in [6.07, 6.45) is 4.06. The van der Waals surface area contributed by atoms with Crippen molar-refractivity contribution < 1.29 is 4.79 Å². The Morgan fingerprint density at radius 3 is 2.06 bits per heavy atom. The number of aldehydes is 1. The van der Waals surface area contributed by atoms with E-state index >= 15 is 0 Å². The minimum atomic E-state index is -1.72. The topological polar surface area (TPSA) is 17.1 Å². The number of aryl methyl sites for hydroxylation is 1. The maximum absolute atomic E-state index is 9.43. The van der Waals surface area contributed by atoms with E-state index in [0.29, 0.717) is 0 Å². The van der Waals surface area contributed by atoms with E-state index < -0.39 is 3.79 Å². The number of unbranched alkanes of at least 4 members (excludes halogenated alkanes) is 1. The Morgan fingerprint density at radius 1 is 1.19 bits per heavy atom. The molecule has 4 heteroatoms. The Labute approximate surface area is 112 Å². The van der Waals surface area contributed by atoms with Crippen molar-refractivity contribution >= 4 is 41.1 Å². The maximum Gasteiger partial charge on any atom is 0.245 e. The molecule has 0 aliphatic rings. The van der Waals surface area contributed by atoms with E-state index in [1.165, 1.54) is 24.8 Å². The third-order valence-corrected chi connectivity index (χ3v) is 2.06. The molecule has 1 rings (SSSR count). The molecule has 0 aliphatic carbocycles. The summed E-state index contributed by atoms with van der Waals surface area (Å²) in [6.45, 7) is 2.23. The normalized spacial score (nSPS) is 10.2. The van der Waals surface area contributed by atoms with Crippen LogP contribution in [0.2, 0.25) is 0 Å². The Morgan fingerprint density at radius 2 is 1.69 bits per heavy atom. The van der Waals surface area contributed by atoms with Gasteiger partial charge in [-0.1, -0.05) is 78.5 Å². The summed E-state index contributed by atoms with van der Waals surface area (Å²) in [5.74, 6) is 0. The van der Waals surface area contributed by atoms with Crippen LogP contribution in [-0.4, -0.2) is 10.1 Å². The van der Waals surface area contributed by atoms with Gasteiger partial charge >= 0.3 is 0 Å². The first kappa shape index (κ1) is 15.8. The highest BCUT2D eigenvalue weighted by molar-refractivity contribution is 6.74. The highest BCUT2D eigenvalue weighted by atomic mass is 35.6. The van der Waals surface area contributed by atoms with Gasteiger partial charge in [-0.2, -0.15) is 0 Å². The first-order valence-corrected chi connectivity index (χ1v) is 6.20. The van der Waals surface area contributed by atoms with Gasteiger partial charge in [0.2, 0.25) is 3.79 Å². The van der Waals surface area contributed by atoms with Crippen LogP contribution in [0.5, 0.6) is 0 Å². The number of benzene rings is 1. The number of hydrogen-bond donors (Lipinski definition) is 0. The fraction of sp³-hybridized carbons (Fsp3) is 0.417. The molecule has 1 aromatic carbocycles. The summed E-state index contributed by atoms with van der Waals surface area (Å²) in [5.41, 5.74) is 1.46. The molecule has 0 aliphatic heterocycles. The van der Waals surface area contributed by atoms with E-state index in [9.17, 15) is 4.79 Å². The zero-order valence-corrected chi connectivity index (χ0v) is 11.4. The molecule has 0 saturated carbocycles. The fourth-order valence-electron chi connectivity index (χ4n) is 1.03. The number of hydrogen-bond acceptors (Lipinski definition) is 1. The molecule has 0 heterocycles. The van der Waals surface area contributed by atoms with Gasteiger partial charge in [-0.15, -0.1) is 0 Å². The average Bonchev–Trinajstić information content (AvgIpc) is 2.28. The summed E-state index contributed by atoms with van der Waals surface area (Å²) >= 11 is 14.6.